The molecule has 0 N–H and O–H groups in total. The van der Waals surface area contributed by atoms with Gasteiger partial charge in [0.1, 0.15) is 22.2 Å². The monoisotopic (exact) mass is 450 g/mol. The van der Waals surface area contributed by atoms with Gasteiger partial charge in [0.15, 0.2) is 5.82 Å². The van der Waals surface area contributed by atoms with E-state index in [1.54, 1.807) is 17.5 Å². The molecule has 5 heterocycles. The van der Waals surface area contributed by atoms with E-state index in [2.05, 4.69) is 55.5 Å². The summed E-state index contributed by atoms with van der Waals surface area (Å²) in [5.41, 5.74) is 3.17. The molecule has 1 aromatic carbocycles. The zero-order valence-electron chi connectivity index (χ0n) is 18.0. The second-order valence-corrected chi connectivity index (χ2v) is 8.80. The van der Waals surface area contributed by atoms with Crippen LogP contribution in [0.2, 0.25) is 0 Å². The molecular weight excluding hydrogens is 428 g/mol. The van der Waals surface area contributed by atoms with Gasteiger partial charge in [-0.3, -0.25) is 4.98 Å². The minimum absolute atomic E-state index is 0.673. The summed E-state index contributed by atoms with van der Waals surface area (Å²) in [6.07, 6.45) is 3.64. The van der Waals surface area contributed by atoms with Crippen LogP contribution in [0, 0.1) is 0 Å². The molecule has 0 bridgehead atoms. The first-order valence-corrected chi connectivity index (χ1v) is 11.9. The molecule has 0 radical (unpaired) electrons. The summed E-state index contributed by atoms with van der Waals surface area (Å²) in [4.78, 5) is 24.7. The number of pyridine rings is 2. The highest BCUT2D eigenvalue weighted by Crippen LogP contribution is 2.39. The van der Waals surface area contributed by atoms with E-state index >= 15 is 0 Å². The summed E-state index contributed by atoms with van der Waals surface area (Å²) in [5.74, 6) is 2.69. The zero-order chi connectivity index (χ0) is 22.0. The fourth-order valence-corrected chi connectivity index (χ4v) is 5.22. The highest BCUT2D eigenvalue weighted by Gasteiger charge is 2.24. The minimum Gasteiger partial charge on any atom is -0.353 e. The Hall–Kier alpha value is -3.84. The van der Waals surface area contributed by atoms with Crippen LogP contribution in [0.3, 0.4) is 0 Å². The highest BCUT2D eigenvalue weighted by molar-refractivity contribution is 7.17. The molecule has 5 aromatic rings. The lowest BCUT2D eigenvalue weighted by Crippen LogP contribution is -2.47. The van der Waals surface area contributed by atoms with Crippen molar-refractivity contribution in [2.24, 2.45) is 0 Å². The van der Waals surface area contributed by atoms with E-state index in [0.29, 0.717) is 5.82 Å². The Labute approximate surface area is 196 Å². The number of hydrogen-bond donors (Lipinski definition) is 0. The maximum atomic E-state index is 5.08. The fraction of sp³-hybridized carbons (Fsp3) is 0.154. The van der Waals surface area contributed by atoms with Crippen LogP contribution >= 0.6 is 11.3 Å². The Morgan fingerprint density at radius 2 is 1.42 bits per heavy atom. The van der Waals surface area contributed by atoms with Gasteiger partial charge >= 0.3 is 0 Å². The van der Waals surface area contributed by atoms with E-state index in [9.17, 15) is 0 Å². The molecule has 6 nitrogen and oxygen atoms in total. The summed E-state index contributed by atoms with van der Waals surface area (Å²) in [5, 5.41) is 3.32. The maximum absolute atomic E-state index is 5.08. The largest absolute Gasteiger partial charge is 0.353 e. The molecule has 0 saturated carbocycles. The molecule has 4 aromatic heterocycles. The van der Waals surface area contributed by atoms with Crippen LogP contribution in [0.4, 0.5) is 11.6 Å². The average Bonchev–Trinajstić information content (AvgIpc) is 3.34. The molecular formula is C26H22N6S. The summed E-state index contributed by atoms with van der Waals surface area (Å²) in [7, 11) is 0. The lowest BCUT2D eigenvalue weighted by Gasteiger charge is -2.36. The molecule has 162 valence electrons. The lowest BCUT2D eigenvalue weighted by molar-refractivity contribution is 0.643. The van der Waals surface area contributed by atoms with Crippen molar-refractivity contribution in [3.63, 3.8) is 0 Å². The molecule has 0 spiro atoms. The van der Waals surface area contributed by atoms with Gasteiger partial charge in [-0.1, -0.05) is 42.5 Å². The van der Waals surface area contributed by atoms with Gasteiger partial charge in [0.2, 0.25) is 0 Å². The Bertz CT molecular complexity index is 1360. The molecule has 1 fully saturated rings. The van der Waals surface area contributed by atoms with Crippen LogP contribution < -0.4 is 9.80 Å². The summed E-state index contributed by atoms with van der Waals surface area (Å²) in [6.45, 7) is 3.53. The molecule has 0 aliphatic carbocycles. The van der Waals surface area contributed by atoms with Crippen molar-refractivity contribution in [2.45, 2.75) is 0 Å². The summed E-state index contributed by atoms with van der Waals surface area (Å²) < 4.78 is 0. The van der Waals surface area contributed by atoms with Gasteiger partial charge in [-0.25, -0.2) is 15.0 Å². The van der Waals surface area contributed by atoms with Crippen molar-refractivity contribution in [3.8, 4) is 22.6 Å². The number of aromatic nitrogens is 4. The molecule has 0 atom stereocenters. The first kappa shape index (κ1) is 19.8. The van der Waals surface area contributed by atoms with Crippen LogP contribution in [0.15, 0.2) is 84.5 Å². The predicted molar refractivity (Wildman–Crippen MR) is 135 cm³/mol. The summed E-state index contributed by atoms with van der Waals surface area (Å²) >= 11 is 1.67. The summed E-state index contributed by atoms with van der Waals surface area (Å²) in [6, 6.07) is 22.4. The third kappa shape index (κ3) is 3.81. The van der Waals surface area contributed by atoms with E-state index in [0.717, 1.165) is 53.7 Å². The Kier molecular flexibility index (Phi) is 5.16. The van der Waals surface area contributed by atoms with Crippen molar-refractivity contribution < 1.29 is 0 Å². The number of nitrogens with zero attached hydrogens (tertiary/aromatic N) is 6. The average molecular weight is 451 g/mol. The van der Waals surface area contributed by atoms with Gasteiger partial charge in [0.25, 0.3) is 0 Å². The first-order chi connectivity index (χ1) is 16.4. The van der Waals surface area contributed by atoms with Crippen molar-refractivity contribution in [1.82, 2.24) is 19.9 Å². The quantitative estimate of drug-likeness (QED) is 0.378. The van der Waals surface area contributed by atoms with Crippen LogP contribution in [0.1, 0.15) is 0 Å². The van der Waals surface area contributed by atoms with Gasteiger partial charge in [-0.05, 0) is 29.8 Å². The van der Waals surface area contributed by atoms with Gasteiger partial charge in [-0.2, -0.15) is 0 Å². The van der Waals surface area contributed by atoms with Crippen LogP contribution in [0.25, 0.3) is 32.9 Å². The number of piperazine rings is 1. The molecule has 7 heteroatoms. The van der Waals surface area contributed by atoms with E-state index in [4.69, 9.17) is 9.97 Å². The lowest BCUT2D eigenvalue weighted by atomic mass is 10.1. The van der Waals surface area contributed by atoms with Crippen molar-refractivity contribution >= 4 is 33.2 Å². The molecule has 0 amide bonds. The molecule has 0 unspecified atom stereocenters. The highest BCUT2D eigenvalue weighted by atomic mass is 32.1. The molecule has 33 heavy (non-hydrogen) atoms. The molecule has 1 saturated heterocycles. The number of hydrogen-bond acceptors (Lipinski definition) is 7. The Morgan fingerprint density at radius 1 is 0.697 bits per heavy atom. The van der Waals surface area contributed by atoms with Gasteiger partial charge in [-0.15, -0.1) is 11.3 Å². The second-order valence-electron chi connectivity index (χ2n) is 7.94. The van der Waals surface area contributed by atoms with E-state index in [1.165, 1.54) is 11.1 Å². The molecule has 6 rings (SSSR count). The smallest absolute Gasteiger partial charge is 0.181 e. The van der Waals surface area contributed by atoms with Crippen molar-refractivity contribution in [1.29, 1.82) is 0 Å². The number of anilines is 2. The molecule has 1 aliphatic rings. The molecule has 1 aliphatic heterocycles. The maximum Gasteiger partial charge on any atom is 0.181 e. The first-order valence-electron chi connectivity index (χ1n) is 11.0. The standard InChI is InChI=1S/C26H22N6S/c1-2-8-19(9-3-1)20-18-33-26-23(20)25(29-24(30-26)21-10-4-6-12-27-21)32-16-14-31(15-17-32)22-11-5-7-13-28-22/h1-13,18H,14-17H2. The van der Waals surface area contributed by atoms with Crippen molar-refractivity contribution in [2.75, 3.05) is 36.0 Å². The fourth-order valence-electron chi connectivity index (χ4n) is 4.28. The van der Waals surface area contributed by atoms with Gasteiger partial charge in [0.05, 0.1) is 5.39 Å². The zero-order valence-corrected chi connectivity index (χ0v) is 18.8. The van der Waals surface area contributed by atoms with E-state index in [1.807, 2.05) is 42.6 Å². The van der Waals surface area contributed by atoms with E-state index in [-0.39, 0.29) is 0 Å². The Balaban J connectivity index is 1.43. The number of fused-ring (bicyclic) bond motifs is 1. The SMILES string of the molecule is c1ccc(-c2csc3nc(-c4ccccn4)nc(N4CCN(c5ccccn5)CC4)c23)cc1. The van der Waals surface area contributed by atoms with Crippen LogP contribution in [0.5, 0.6) is 0 Å². The van der Waals surface area contributed by atoms with Crippen LogP contribution in [-0.4, -0.2) is 46.1 Å². The topological polar surface area (TPSA) is 58.0 Å². The number of thiophene rings is 1. The Morgan fingerprint density at radius 3 is 2.15 bits per heavy atom. The third-order valence-corrected chi connectivity index (χ3v) is 6.82. The van der Waals surface area contributed by atoms with Gasteiger partial charge in [0, 0.05) is 49.5 Å². The van der Waals surface area contributed by atoms with Crippen LogP contribution in [-0.2, 0) is 0 Å². The second kappa shape index (κ2) is 8.60. The normalized spacial score (nSPS) is 14.1. The van der Waals surface area contributed by atoms with E-state index < -0.39 is 0 Å². The number of rotatable bonds is 4. The third-order valence-electron chi connectivity index (χ3n) is 5.95. The van der Waals surface area contributed by atoms with Crippen molar-refractivity contribution in [3.05, 3.63) is 84.5 Å². The predicted octanol–water partition coefficient (Wildman–Crippen LogP) is 5.14. The minimum atomic E-state index is 0.673. The van der Waals surface area contributed by atoms with Gasteiger partial charge < -0.3 is 9.80 Å². The number of benzene rings is 1.